The number of ether oxygens (including phenoxy) is 2. The van der Waals surface area contributed by atoms with E-state index >= 15 is 0 Å². The first kappa shape index (κ1) is 16.5. The number of hydrogen-bond acceptors (Lipinski definition) is 4. The Morgan fingerprint density at radius 1 is 1.09 bits per heavy atom. The summed E-state index contributed by atoms with van der Waals surface area (Å²) in [5, 5.41) is 9.91. The summed E-state index contributed by atoms with van der Waals surface area (Å²) in [6, 6.07) is 10.4. The third-order valence-corrected chi connectivity index (χ3v) is 3.32. The summed E-state index contributed by atoms with van der Waals surface area (Å²) < 4.78 is 22.7. The highest BCUT2D eigenvalue weighted by Crippen LogP contribution is 2.32. The number of benzene rings is 2. The molecule has 0 heterocycles. The molecule has 0 unspecified atom stereocenters. The lowest BCUT2D eigenvalue weighted by molar-refractivity contribution is 0.0955. The Morgan fingerprint density at radius 3 is 2.30 bits per heavy atom. The number of hydrogen-bond donors (Lipinski definition) is 1. The standard InChI is InChI=1S/C18H17FO4/c1-22-14-7-5-12(6-8-14)3-4-13-9-15(16(20)11-19)18(21)17(10-13)23-2/h3-10,21H,11H2,1-2H3/b4-3+. The number of methoxy groups -OCH3 is 2. The zero-order chi connectivity index (χ0) is 16.8. The van der Waals surface area contributed by atoms with Crippen LogP contribution in [0.5, 0.6) is 17.2 Å². The molecule has 0 aliphatic carbocycles. The van der Waals surface area contributed by atoms with Crippen LogP contribution in [0.4, 0.5) is 4.39 Å². The van der Waals surface area contributed by atoms with Crippen LogP contribution >= 0.6 is 0 Å². The molecule has 0 radical (unpaired) electrons. The van der Waals surface area contributed by atoms with Gasteiger partial charge in [-0.25, -0.2) is 4.39 Å². The van der Waals surface area contributed by atoms with Gasteiger partial charge in [-0.05, 0) is 35.4 Å². The van der Waals surface area contributed by atoms with E-state index in [1.807, 2.05) is 30.3 Å². The van der Waals surface area contributed by atoms with Crippen LogP contribution in [0.15, 0.2) is 36.4 Å². The molecule has 0 spiro atoms. The molecule has 4 nitrogen and oxygen atoms in total. The highest BCUT2D eigenvalue weighted by atomic mass is 19.1. The number of carbonyl (C=O) groups excluding carboxylic acids is 1. The molecule has 120 valence electrons. The van der Waals surface area contributed by atoms with Crippen molar-refractivity contribution in [3.8, 4) is 17.2 Å². The van der Waals surface area contributed by atoms with Gasteiger partial charge in [0.15, 0.2) is 24.0 Å². The van der Waals surface area contributed by atoms with Gasteiger partial charge in [-0.1, -0.05) is 24.3 Å². The first-order chi connectivity index (χ1) is 11.1. The minimum absolute atomic E-state index is 0.0961. The number of carbonyl (C=O) groups is 1. The number of rotatable bonds is 6. The molecule has 0 aliphatic rings. The Morgan fingerprint density at radius 2 is 1.74 bits per heavy atom. The number of aromatic hydroxyl groups is 1. The maximum atomic E-state index is 12.6. The van der Waals surface area contributed by atoms with Gasteiger partial charge in [0, 0.05) is 0 Å². The number of phenols is 1. The van der Waals surface area contributed by atoms with Gasteiger partial charge in [0.25, 0.3) is 0 Å². The van der Waals surface area contributed by atoms with Crippen LogP contribution in [-0.2, 0) is 0 Å². The molecule has 2 rings (SSSR count). The Balaban J connectivity index is 2.34. The average molecular weight is 316 g/mol. The van der Waals surface area contributed by atoms with Crippen molar-refractivity contribution in [2.24, 2.45) is 0 Å². The van der Waals surface area contributed by atoms with Crippen LogP contribution in [0.1, 0.15) is 21.5 Å². The van der Waals surface area contributed by atoms with E-state index in [1.165, 1.54) is 13.2 Å². The second-order valence-corrected chi connectivity index (χ2v) is 4.78. The molecule has 0 aliphatic heterocycles. The maximum Gasteiger partial charge on any atom is 0.197 e. The second kappa shape index (κ2) is 7.45. The van der Waals surface area contributed by atoms with Crippen molar-refractivity contribution in [3.05, 3.63) is 53.1 Å². The molecule has 23 heavy (non-hydrogen) atoms. The van der Waals surface area contributed by atoms with Gasteiger partial charge in [0.2, 0.25) is 0 Å². The Kier molecular flexibility index (Phi) is 5.36. The lowest BCUT2D eigenvalue weighted by Crippen LogP contribution is -2.03. The first-order valence-electron chi connectivity index (χ1n) is 6.91. The molecule has 1 N–H and O–H groups in total. The van der Waals surface area contributed by atoms with Crippen LogP contribution in [0, 0.1) is 0 Å². The Hall–Kier alpha value is -2.82. The minimum Gasteiger partial charge on any atom is -0.504 e. The van der Waals surface area contributed by atoms with Gasteiger partial charge in [0.05, 0.1) is 19.8 Å². The summed E-state index contributed by atoms with van der Waals surface area (Å²) >= 11 is 0. The van der Waals surface area contributed by atoms with E-state index in [0.717, 1.165) is 11.3 Å². The zero-order valence-electron chi connectivity index (χ0n) is 12.9. The maximum absolute atomic E-state index is 12.6. The van der Waals surface area contributed by atoms with E-state index in [-0.39, 0.29) is 17.1 Å². The van der Waals surface area contributed by atoms with Gasteiger partial charge < -0.3 is 14.6 Å². The van der Waals surface area contributed by atoms with E-state index in [1.54, 1.807) is 19.3 Å². The van der Waals surface area contributed by atoms with Crippen molar-refractivity contribution >= 4 is 17.9 Å². The quantitative estimate of drug-likeness (QED) is 0.651. The van der Waals surface area contributed by atoms with Gasteiger partial charge in [-0.3, -0.25) is 4.79 Å². The Labute approximate surface area is 133 Å². The summed E-state index contributed by atoms with van der Waals surface area (Å²) in [4.78, 5) is 11.6. The highest BCUT2D eigenvalue weighted by molar-refractivity contribution is 6.01. The minimum atomic E-state index is -1.18. The molecule has 0 saturated carbocycles. The van der Waals surface area contributed by atoms with Gasteiger partial charge in [-0.2, -0.15) is 0 Å². The molecular formula is C18H17FO4. The molecule has 0 fully saturated rings. The third kappa shape index (κ3) is 3.88. The smallest absolute Gasteiger partial charge is 0.197 e. The summed E-state index contributed by atoms with van der Waals surface area (Å²) in [5.74, 6) is -0.264. The monoisotopic (exact) mass is 316 g/mol. The van der Waals surface area contributed by atoms with Crippen molar-refractivity contribution in [2.75, 3.05) is 20.9 Å². The molecular weight excluding hydrogens is 299 g/mol. The van der Waals surface area contributed by atoms with Crippen molar-refractivity contribution in [3.63, 3.8) is 0 Å². The van der Waals surface area contributed by atoms with Crippen LogP contribution in [0.3, 0.4) is 0 Å². The number of ketones is 1. The predicted molar refractivity (Wildman–Crippen MR) is 86.9 cm³/mol. The summed E-state index contributed by atoms with van der Waals surface area (Å²) in [5.41, 5.74) is 1.45. The molecule has 0 bridgehead atoms. The first-order valence-corrected chi connectivity index (χ1v) is 6.91. The van der Waals surface area contributed by atoms with Crippen LogP contribution in [0.2, 0.25) is 0 Å². The summed E-state index contributed by atoms with van der Waals surface area (Å²) in [6.07, 6.45) is 3.58. The normalized spacial score (nSPS) is 10.7. The van der Waals surface area contributed by atoms with Crippen molar-refractivity contribution in [1.29, 1.82) is 0 Å². The molecule has 0 saturated heterocycles. The second-order valence-electron chi connectivity index (χ2n) is 4.78. The summed E-state index contributed by atoms with van der Waals surface area (Å²) in [6.45, 7) is -1.18. The SMILES string of the molecule is COc1ccc(/C=C/c2cc(OC)c(O)c(C(=O)CF)c2)cc1. The van der Waals surface area contributed by atoms with E-state index in [4.69, 9.17) is 9.47 Å². The molecule has 2 aromatic carbocycles. The third-order valence-electron chi connectivity index (χ3n) is 3.32. The van der Waals surface area contributed by atoms with E-state index in [9.17, 15) is 14.3 Å². The van der Waals surface area contributed by atoms with Crippen LogP contribution < -0.4 is 9.47 Å². The fourth-order valence-corrected chi connectivity index (χ4v) is 2.07. The van der Waals surface area contributed by atoms with Crippen molar-refractivity contribution < 1.29 is 23.8 Å². The largest absolute Gasteiger partial charge is 0.504 e. The van der Waals surface area contributed by atoms with Gasteiger partial charge >= 0.3 is 0 Å². The number of phenolic OH excluding ortho intramolecular Hbond substituents is 1. The van der Waals surface area contributed by atoms with Crippen molar-refractivity contribution in [1.82, 2.24) is 0 Å². The van der Waals surface area contributed by atoms with Gasteiger partial charge in [0.1, 0.15) is 5.75 Å². The van der Waals surface area contributed by atoms with Crippen LogP contribution in [-0.4, -0.2) is 31.8 Å². The summed E-state index contributed by atoms with van der Waals surface area (Å²) in [7, 11) is 2.96. The van der Waals surface area contributed by atoms with E-state index in [0.29, 0.717) is 5.56 Å². The fourth-order valence-electron chi connectivity index (χ4n) is 2.07. The molecule has 5 heteroatoms. The molecule has 0 amide bonds. The molecule has 0 aromatic heterocycles. The van der Waals surface area contributed by atoms with Crippen LogP contribution in [0.25, 0.3) is 12.2 Å². The van der Waals surface area contributed by atoms with Crippen molar-refractivity contribution in [2.45, 2.75) is 0 Å². The predicted octanol–water partition coefficient (Wildman–Crippen LogP) is 3.73. The lowest BCUT2D eigenvalue weighted by Gasteiger charge is -2.09. The fraction of sp³-hybridized carbons (Fsp3) is 0.167. The lowest BCUT2D eigenvalue weighted by atomic mass is 10.0. The average Bonchev–Trinajstić information content (AvgIpc) is 2.60. The number of Topliss-reactive ketones (excluding diaryl/α,β-unsaturated/α-hetero) is 1. The Bertz CT molecular complexity index is 721. The number of alkyl halides is 1. The molecule has 0 atom stereocenters. The topological polar surface area (TPSA) is 55.8 Å². The zero-order valence-corrected chi connectivity index (χ0v) is 12.9. The highest BCUT2D eigenvalue weighted by Gasteiger charge is 2.16. The number of halogens is 1. The molecule has 2 aromatic rings. The van der Waals surface area contributed by atoms with Gasteiger partial charge in [-0.15, -0.1) is 0 Å². The van der Waals surface area contributed by atoms with E-state index < -0.39 is 12.5 Å². The van der Waals surface area contributed by atoms with E-state index in [2.05, 4.69) is 0 Å².